The molecule has 5 heteroatoms. The molecule has 0 aliphatic carbocycles. The Hall–Kier alpha value is -0.550. The molecule has 1 unspecified atom stereocenters. The van der Waals surface area contributed by atoms with Crippen LogP contribution in [0.1, 0.15) is 13.8 Å². The molecule has 1 saturated heterocycles. The lowest BCUT2D eigenvalue weighted by molar-refractivity contribution is -0.119. The summed E-state index contributed by atoms with van der Waals surface area (Å²) < 4.78 is 0. The van der Waals surface area contributed by atoms with Crippen molar-refractivity contribution in [3.8, 4) is 0 Å². The van der Waals surface area contributed by atoms with Crippen molar-refractivity contribution in [3.05, 3.63) is 0 Å². The van der Waals surface area contributed by atoms with E-state index in [-0.39, 0.29) is 17.9 Å². The number of carbonyl (C=O) groups excluding carboxylic acids is 1. The van der Waals surface area contributed by atoms with Gasteiger partial charge in [0.15, 0.2) is 5.17 Å². The summed E-state index contributed by atoms with van der Waals surface area (Å²) in [7, 11) is 0. The van der Waals surface area contributed by atoms with E-state index in [1.165, 1.54) is 11.8 Å². The zero-order chi connectivity index (χ0) is 9.14. The molecule has 1 aliphatic heterocycles. The number of amidine groups is 1. The Morgan fingerprint density at radius 2 is 2.42 bits per heavy atom. The summed E-state index contributed by atoms with van der Waals surface area (Å²) in [6.45, 7) is 3.70. The number of nitrogens with one attached hydrogen (secondary N) is 1. The second-order valence-electron chi connectivity index (χ2n) is 2.88. The molecule has 0 aromatic heterocycles. The van der Waals surface area contributed by atoms with Crippen molar-refractivity contribution in [2.75, 3.05) is 6.73 Å². The molecule has 0 aromatic rings. The number of rotatable bonds is 2. The van der Waals surface area contributed by atoms with Crippen molar-refractivity contribution in [1.82, 2.24) is 5.32 Å². The highest BCUT2D eigenvalue weighted by Gasteiger charge is 2.32. The smallest absolute Gasteiger partial charge is 0.239 e. The van der Waals surface area contributed by atoms with Crippen molar-refractivity contribution >= 4 is 22.8 Å². The van der Waals surface area contributed by atoms with Crippen LogP contribution in [0.4, 0.5) is 0 Å². The first kappa shape index (κ1) is 9.54. The van der Waals surface area contributed by atoms with Crippen molar-refractivity contribution in [2.45, 2.75) is 19.1 Å². The summed E-state index contributed by atoms with van der Waals surface area (Å²) in [5.41, 5.74) is 0. The lowest BCUT2D eigenvalue weighted by Gasteiger charge is -2.07. The lowest BCUT2D eigenvalue weighted by Crippen LogP contribution is -2.27. The standard InChI is InChI=1S/C7H12N2O2S/c1-4(2)5-6(11)9-7(12-5)8-3-10/h4-5,10H,3H2,1-2H3,(H,8,9,11). The van der Waals surface area contributed by atoms with Gasteiger partial charge in [-0.05, 0) is 5.92 Å². The summed E-state index contributed by atoms with van der Waals surface area (Å²) in [6.07, 6.45) is 0. The Kier molecular flexibility index (Phi) is 3.11. The highest BCUT2D eigenvalue weighted by atomic mass is 32.2. The van der Waals surface area contributed by atoms with Gasteiger partial charge in [-0.1, -0.05) is 25.6 Å². The van der Waals surface area contributed by atoms with E-state index in [4.69, 9.17) is 5.11 Å². The van der Waals surface area contributed by atoms with Crippen molar-refractivity contribution in [3.63, 3.8) is 0 Å². The molecule has 1 aliphatic rings. The summed E-state index contributed by atoms with van der Waals surface area (Å²) >= 11 is 1.38. The van der Waals surface area contributed by atoms with Gasteiger partial charge in [-0.15, -0.1) is 0 Å². The molecule has 1 atom stereocenters. The van der Waals surface area contributed by atoms with Crippen LogP contribution in [0.15, 0.2) is 4.99 Å². The van der Waals surface area contributed by atoms with Crippen molar-refractivity contribution < 1.29 is 9.90 Å². The number of thioether (sulfide) groups is 1. The fraction of sp³-hybridized carbons (Fsp3) is 0.714. The molecule has 68 valence electrons. The highest BCUT2D eigenvalue weighted by Crippen LogP contribution is 2.25. The molecule has 4 nitrogen and oxygen atoms in total. The van der Waals surface area contributed by atoms with Gasteiger partial charge in [0, 0.05) is 0 Å². The normalized spacial score (nSPS) is 26.8. The van der Waals surface area contributed by atoms with Crippen LogP contribution in [0.2, 0.25) is 0 Å². The molecule has 1 fully saturated rings. The number of amides is 1. The van der Waals surface area contributed by atoms with Gasteiger partial charge in [-0.2, -0.15) is 0 Å². The fourth-order valence-corrected chi connectivity index (χ4v) is 1.93. The third kappa shape index (κ3) is 1.98. The molecule has 0 radical (unpaired) electrons. The van der Waals surface area contributed by atoms with Gasteiger partial charge in [-0.25, -0.2) is 4.99 Å². The second kappa shape index (κ2) is 3.91. The molecular formula is C7H12N2O2S. The van der Waals surface area contributed by atoms with Gasteiger partial charge >= 0.3 is 0 Å². The van der Waals surface area contributed by atoms with Crippen molar-refractivity contribution in [1.29, 1.82) is 0 Å². The Balaban J connectivity index is 2.62. The molecule has 1 heterocycles. The molecule has 1 rings (SSSR count). The first-order valence-corrected chi connectivity index (χ1v) is 4.66. The van der Waals surface area contributed by atoms with Crippen molar-refractivity contribution in [2.24, 2.45) is 10.9 Å². The molecule has 0 bridgehead atoms. The second-order valence-corrected chi connectivity index (χ2v) is 4.01. The number of nitrogens with zero attached hydrogens (tertiary/aromatic N) is 1. The number of aliphatic hydroxyl groups is 1. The van der Waals surface area contributed by atoms with Gasteiger partial charge in [0.05, 0.1) is 5.25 Å². The average molecular weight is 188 g/mol. The van der Waals surface area contributed by atoms with Gasteiger partial charge in [0.25, 0.3) is 0 Å². The van der Waals surface area contributed by atoms with Crippen LogP contribution >= 0.6 is 11.8 Å². The fourth-order valence-electron chi connectivity index (χ4n) is 0.960. The van der Waals surface area contributed by atoms with Crippen LogP contribution in [0.3, 0.4) is 0 Å². The molecule has 0 spiro atoms. The number of aliphatic hydroxyl groups excluding tert-OH is 1. The predicted molar refractivity (Wildman–Crippen MR) is 48.9 cm³/mol. The van der Waals surface area contributed by atoms with E-state index in [1.807, 2.05) is 13.8 Å². The van der Waals surface area contributed by atoms with E-state index in [2.05, 4.69) is 10.3 Å². The maximum absolute atomic E-state index is 11.2. The lowest BCUT2D eigenvalue weighted by atomic mass is 10.1. The highest BCUT2D eigenvalue weighted by molar-refractivity contribution is 8.15. The van der Waals surface area contributed by atoms with Crippen LogP contribution in [0, 0.1) is 5.92 Å². The monoisotopic (exact) mass is 188 g/mol. The van der Waals surface area contributed by atoms with Crippen LogP contribution in [-0.4, -0.2) is 28.2 Å². The SMILES string of the molecule is CC(C)C1SC(=NCO)NC1=O. The molecule has 2 N–H and O–H groups in total. The van der Waals surface area contributed by atoms with E-state index < -0.39 is 0 Å². The number of hydrogen-bond donors (Lipinski definition) is 2. The maximum atomic E-state index is 11.2. The van der Waals surface area contributed by atoms with Gasteiger partial charge in [-0.3, -0.25) is 4.79 Å². The summed E-state index contributed by atoms with van der Waals surface area (Å²) in [5, 5.41) is 11.6. The number of aliphatic imine (C=N–C) groups is 1. The molecule has 0 aromatic carbocycles. The Morgan fingerprint density at radius 1 is 1.75 bits per heavy atom. The minimum absolute atomic E-state index is 0.0119. The van der Waals surface area contributed by atoms with Crippen LogP contribution in [-0.2, 0) is 4.79 Å². The van der Waals surface area contributed by atoms with E-state index in [0.29, 0.717) is 11.1 Å². The van der Waals surface area contributed by atoms with Gasteiger partial charge < -0.3 is 10.4 Å². The Labute approximate surface area is 75.4 Å². The first-order valence-electron chi connectivity index (χ1n) is 3.78. The van der Waals surface area contributed by atoms with E-state index in [0.717, 1.165) is 0 Å². The van der Waals surface area contributed by atoms with Crippen LogP contribution in [0.25, 0.3) is 0 Å². The third-order valence-electron chi connectivity index (χ3n) is 1.55. The molecular weight excluding hydrogens is 176 g/mol. The number of hydrogen-bond acceptors (Lipinski definition) is 4. The van der Waals surface area contributed by atoms with Crippen LogP contribution in [0.5, 0.6) is 0 Å². The first-order chi connectivity index (χ1) is 5.65. The Morgan fingerprint density at radius 3 is 2.83 bits per heavy atom. The molecule has 12 heavy (non-hydrogen) atoms. The maximum Gasteiger partial charge on any atom is 0.239 e. The summed E-state index contributed by atoms with van der Waals surface area (Å²) in [6, 6.07) is 0. The average Bonchev–Trinajstić information content (AvgIpc) is 2.32. The zero-order valence-corrected chi connectivity index (χ0v) is 7.89. The van der Waals surface area contributed by atoms with E-state index >= 15 is 0 Å². The Bertz CT molecular complexity index is 215. The third-order valence-corrected chi connectivity index (χ3v) is 3.01. The molecule has 0 saturated carbocycles. The van der Waals surface area contributed by atoms with Gasteiger partial charge in [0.1, 0.15) is 6.73 Å². The van der Waals surface area contributed by atoms with Gasteiger partial charge in [0.2, 0.25) is 5.91 Å². The van der Waals surface area contributed by atoms with Crippen LogP contribution < -0.4 is 5.32 Å². The quantitative estimate of drug-likeness (QED) is 0.650. The topological polar surface area (TPSA) is 61.7 Å². The molecule has 1 amide bonds. The largest absolute Gasteiger partial charge is 0.374 e. The predicted octanol–water partition coefficient (Wildman–Crippen LogP) is 0.180. The minimum Gasteiger partial charge on any atom is -0.374 e. The minimum atomic E-state index is -0.270. The van der Waals surface area contributed by atoms with E-state index in [1.54, 1.807) is 0 Å². The van der Waals surface area contributed by atoms with E-state index in [9.17, 15) is 4.79 Å². The summed E-state index contributed by atoms with van der Waals surface area (Å²) in [4.78, 5) is 14.9. The zero-order valence-electron chi connectivity index (χ0n) is 7.07. The number of carbonyl (C=O) groups is 1. The summed E-state index contributed by atoms with van der Waals surface area (Å²) in [5.74, 6) is 0.281.